The zero-order valence-electron chi connectivity index (χ0n) is 11.4. The van der Waals surface area contributed by atoms with E-state index in [0.29, 0.717) is 6.04 Å². The fourth-order valence-electron chi connectivity index (χ4n) is 2.03. The molecule has 0 spiro atoms. The highest BCUT2D eigenvalue weighted by molar-refractivity contribution is 5.67. The molecule has 2 heteroatoms. The Labute approximate surface area is 106 Å². The average Bonchev–Trinajstić information content (AvgIpc) is 2.28. The predicted molar refractivity (Wildman–Crippen MR) is 77.4 cm³/mol. The van der Waals surface area contributed by atoms with Crippen molar-refractivity contribution in [2.45, 2.75) is 58.9 Å². The summed E-state index contributed by atoms with van der Waals surface area (Å²) in [5.41, 5.74) is 9.12. The van der Waals surface area contributed by atoms with E-state index in [1.54, 1.807) is 0 Å². The monoisotopic (exact) mass is 234 g/mol. The lowest BCUT2D eigenvalue weighted by Crippen LogP contribution is -2.16. The zero-order valence-corrected chi connectivity index (χ0v) is 11.4. The molecule has 1 atom stereocenters. The van der Waals surface area contributed by atoms with Gasteiger partial charge in [0.2, 0.25) is 0 Å². The predicted octanol–water partition coefficient (Wildman–Crippen LogP) is 4.35. The molecule has 96 valence electrons. The highest BCUT2D eigenvalue weighted by atomic mass is 14.9. The fraction of sp³-hybridized carbons (Fsp3) is 0.600. The van der Waals surface area contributed by atoms with Crippen LogP contribution in [0, 0.1) is 6.92 Å². The van der Waals surface area contributed by atoms with Crippen molar-refractivity contribution in [2.75, 3.05) is 11.1 Å². The second-order valence-electron chi connectivity index (χ2n) is 4.99. The third-order valence-corrected chi connectivity index (χ3v) is 3.10. The number of aryl methyl sites for hydroxylation is 1. The van der Waals surface area contributed by atoms with E-state index in [1.807, 2.05) is 6.07 Å². The van der Waals surface area contributed by atoms with Gasteiger partial charge in [0.15, 0.2) is 0 Å². The topological polar surface area (TPSA) is 38.0 Å². The molecule has 0 aliphatic rings. The van der Waals surface area contributed by atoms with E-state index in [9.17, 15) is 0 Å². The third-order valence-electron chi connectivity index (χ3n) is 3.10. The molecule has 1 unspecified atom stereocenters. The van der Waals surface area contributed by atoms with Gasteiger partial charge in [-0.1, -0.05) is 38.7 Å². The number of nitrogens with one attached hydrogen (secondary N) is 1. The number of nitrogen functional groups attached to an aromatic ring is 1. The maximum absolute atomic E-state index is 5.98. The van der Waals surface area contributed by atoms with E-state index < -0.39 is 0 Å². The van der Waals surface area contributed by atoms with Crippen LogP contribution in [0.1, 0.15) is 51.5 Å². The van der Waals surface area contributed by atoms with Gasteiger partial charge in [-0.25, -0.2) is 0 Å². The van der Waals surface area contributed by atoms with Gasteiger partial charge in [-0.2, -0.15) is 0 Å². The molecule has 1 rings (SSSR count). The van der Waals surface area contributed by atoms with Crippen molar-refractivity contribution in [1.82, 2.24) is 0 Å². The van der Waals surface area contributed by atoms with Crippen molar-refractivity contribution in [1.29, 1.82) is 0 Å². The first-order valence-corrected chi connectivity index (χ1v) is 6.76. The van der Waals surface area contributed by atoms with Crippen LogP contribution in [0.4, 0.5) is 11.4 Å². The van der Waals surface area contributed by atoms with Gasteiger partial charge in [-0.3, -0.25) is 0 Å². The van der Waals surface area contributed by atoms with Crippen LogP contribution in [0.3, 0.4) is 0 Å². The molecule has 0 aliphatic heterocycles. The standard InChI is InChI=1S/C15H26N2/c1-4-5-6-7-8-13(3)17-15-10-9-12(2)11-14(15)16/h9-11,13,17H,4-8,16H2,1-3H3. The maximum atomic E-state index is 5.98. The molecule has 0 fully saturated rings. The van der Waals surface area contributed by atoms with E-state index in [0.717, 1.165) is 11.4 Å². The normalized spacial score (nSPS) is 12.4. The number of nitrogens with two attached hydrogens (primary N) is 1. The lowest BCUT2D eigenvalue weighted by molar-refractivity contribution is 0.594. The Morgan fingerprint density at radius 1 is 1.24 bits per heavy atom. The Hall–Kier alpha value is -1.18. The zero-order chi connectivity index (χ0) is 12.7. The van der Waals surface area contributed by atoms with E-state index in [-0.39, 0.29) is 0 Å². The molecule has 2 nitrogen and oxygen atoms in total. The molecular formula is C15H26N2. The number of unbranched alkanes of at least 4 members (excludes halogenated alkanes) is 3. The van der Waals surface area contributed by atoms with E-state index >= 15 is 0 Å². The number of benzene rings is 1. The highest BCUT2D eigenvalue weighted by Crippen LogP contribution is 2.21. The van der Waals surface area contributed by atoms with E-state index in [2.05, 4.69) is 38.2 Å². The van der Waals surface area contributed by atoms with Crippen LogP contribution in [0.5, 0.6) is 0 Å². The summed E-state index contributed by atoms with van der Waals surface area (Å²) in [6.45, 7) is 6.54. The fourth-order valence-corrected chi connectivity index (χ4v) is 2.03. The van der Waals surface area contributed by atoms with Crippen LogP contribution in [-0.2, 0) is 0 Å². The smallest absolute Gasteiger partial charge is 0.0576 e. The van der Waals surface area contributed by atoms with Crippen LogP contribution in [0.25, 0.3) is 0 Å². The Morgan fingerprint density at radius 3 is 2.65 bits per heavy atom. The summed E-state index contributed by atoms with van der Waals surface area (Å²) >= 11 is 0. The van der Waals surface area contributed by atoms with Crippen molar-refractivity contribution in [3.8, 4) is 0 Å². The van der Waals surface area contributed by atoms with Crippen molar-refractivity contribution in [2.24, 2.45) is 0 Å². The van der Waals surface area contributed by atoms with Crippen LogP contribution in [-0.4, -0.2) is 6.04 Å². The molecule has 0 radical (unpaired) electrons. The van der Waals surface area contributed by atoms with Gasteiger partial charge in [0.25, 0.3) is 0 Å². The molecule has 0 saturated carbocycles. The largest absolute Gasteiger partial charge is 0.397 e. The second-order valence-corrected chi connectivity index (χ2v) is 4.99. The Kier molecular flexibility index (Phi) is 5.88. The van der Waals surface area contributed by atoms with Crippen molar-refractivity contribution >= 4 is 11.4 Å². The maximum Gasteiger partial charge on any atom is 0.0576 e. The quantitative estimate of drug-likeness (QED) is 0.544. The molecule has 0 aliphatic carbocycles. The first kappa shape index (κ1) is 13.9. The summed E-state index contributed by atoms with van der Waals surface area (Å²) < 4.78 is 0. The minimum absolute atomic E-state index is 0.497. The first-order chi connectivity index (χ1) is 8.13. The van der Waals surface area contributed by atoms with Gasteiger partial charge in [-0.15, -0.1) is 0 Å². The van der Waals surface area contributed by atoms with Crippen molar-refractivity contribution in [3.63, 3.8) is 0 Å². The van der Waals surface area contributed by atoms with Gasteiger partial charge < -0.3 is 11.1 Å². The molecule has 1 aromatic carbocycles. The van der Waals surface area contributed by atoms with Crippen LogP contribution >= 0.6 is 0 Å². The summed E-state index contributed by atoms with van der Waals surface area (Å²) in [4.78, 5) is 0. The Morgan fingerprint density at radius 2 is 2.00 bits per heavy atom. The molecule has 0 heterocycles. The van der Waals surface area contributed by atoms with Gasteiger partial charge in [0, 0.05) is 6.04 Å². The summed E-state index contributed by atoms with van der Waals surface area (Å²) in [5, 5.41) is 3.49. The molecule has 0 saturated heterocycles. The number of anilines is 2. The molecule has 17 heavy (non-hydrogen) atoms. The van der Waals surface area contributed by atoms with Crippen molar-refractivity contribution in [3.05, 3.63) is 23.8 Å². The van der Waals surface area contributed by atoms with Gasteiger partial charge >= 0.3 is 0 Å². The minimum Gasteiger partial charge on any atom is -0.397 e. The van der Waals surface area contributed by atoms with Crippen LogP contribution in [0.2, 0.25) is 0 Å². The molecule has 0 aromatic heterocycles. The van der Waals surface area contributed by atoms with Gasteiger partial charge in [0.05, 0.1) is 11.4 Å². The summed E-state index contributed by atoms with van der Waals surface area (Å²) in [7, 11) is 0. The minimum atomic E-state index is 0.497. The second kappa shape index (κ2) is 7.21. The average molecular weight is 234 g/mol. The van der Waals surface area contributed by atoms with Crippen molar-refractivity contribution < 1.29 is 0 Å². The number of hydrogen-bond donors (Lipinski definition) is 2. The first-order valence-electron chi connectivity index (χ1n) is 6.76. The third kappa shape index (κ3) is 5.12. The molecular weight excluding hydrogens is 208 g/mol. The molecule has 1 aromatic rings. The molecule has 3 N–H and O–H groups in total. The summed E-state index contributed by atoms with van der Waals surface area (Å²) in [5.74, 6) is 0. The van der Waals surface area contributed by atoms with Gasteiger partial charge in [-0.05, 0) is 38.0 Å². The number of hydrogen-bond acceptors (Lipinski definition) is 2. The summed E-state index contributed by atoms with van der Waals surface area (Å²) in [6.07, 6.45) is 6.50. The van der Waals surface area contributed by atoms with Gasteiger partial charge in [0.1, 0.15) is 0 Å². The SMILES string of the molecule is CCCCCCC(C)Nc1ccc(C)cc1N. The lowest BCUT2D eigenvalue weighted by Gasteiger charge is -2.17. The van der Waals surface area contributed by atoms with E-state index in [1.165, 1.54) is 37.7 Å². The van der Waals surface area contributed by atoms with E-state index in [4.69, 9.17) is 5.73 Å². The Balaban J connectivity index is 2.37. The van der Waals surface area contributed by atoms with Crippen LogP contribution in [0.15, 0.2) is 18.2 Å². The Bertz CT molecular complexity index is 334. The molecule has 0 bridgehead atoms. The number of rotatable bonds is 7. The highest BCUT2D eigenvalue weighted by Gasteiger charge is 2.04. The summed E-state index contributed by atoms with van der Waals surface area (Å²) in [6, 6.07) is 6.69. The van der Waals surface area contributed by atoms with Crippen LogP contribution < -0.4 is 11.1 Å². The lowest BCUT2D eigenvalue weighted by atomic mass is 10.1. The molecule has 0 amide bonds.